The van der Waals surface area contributed by atoms with Crippen molar-refractivity contribution in [1.29, 1.82) is 0 Å². The van der Waals surface area contributed by atoms with Gasteiger partial charge in [0.05, 0.1) is 18.2 Å². The molecule has 112 valence electrons. The van der Waals surface area contributed by atoms with Crippen molar-refractivity contribution in [3.8, 4) is 0 Å². The van der Waals surface area contributed by atoms with E-state index in [9.17, 15) is 13.2 Å². The summed E-state index contributed by atoms with van der Waals surface area (Å²) in [6.45, 7) is 1.03. The molecule has 0 bridgehead atoms. The number of carbonyl (C=O) groups excluding carboxylic acids is 1. The lowest BCUT2D eigenvalue weighted by Crippen LogP contribution is -2.13. The van der Waals surface area contributed by atoms with Gasteiger partial charge in [-0.25, -0.2) is 18.4 Å². The number of pyridine rings is 1. The Morgan fingerprint density at radius 1 is 1.38 bits per heavy atom. The molecular weight excluding hydrogens is 294 g/mol. The number of sulfone groups is 1. The monoisotopic (exact) mass is 309 g/mol. The zero-order valence-corrected chi connectivity index (χ0v) is 12.2. The molecule has 0 atom stereocenters. The van der Waals surface area contributed by atoms with Crippen LogP contribution >= 0.6 is 0 Å². The molecule has 0 spiro atoms. The number of carbonyl (C=O) groups is 1. The summed E-state index contributed by atoms with van der Waals surface area (Å²) in [6.07, 6.45) is 5.45. The molecule has 0 saturated heterocycles. The molecule has 0 unspecified atom stereocenters. The molecule has 9 heteroatoms. The minimum atomic E-state index is -3.35. The second-order valence-electron chi connectivity index (χ2n) is 4.40. The normalized spacial score (nSPS) is 11.3. The van der Waals surface area contributed by atoms with Gasteiger partial charge in [-0.05, 0) is 12.1 Å². The van der Waals surface area contributed by atoms with Gasteiger partial charge in [-0.3, -0.25) is 4.79 Å². The van der Waals surface area contributed by atoms with Crippen LogP contribution < -0.4 is 11.1 Å². The highest BCUT2D eigenvalue weighted by molar-refractivity contribution is 7.90. The fourth-order valence-corrected chi connectivity index (χ4v) is 2.18. The van der Waals surface area contributed by atoms with Crippen LogP contribution in [0.3, 0.4) is 0 Å². The van der Waals surface area contributed by atoms with Gasteiger partial charge in [-0.15, -0.1) is 0 Å². The molecule has 8 nitrogen and oxygen atoms in total. The van der Waals surface area contributed by atoms with Crippen LogP contribution in [-0.2, 0) is 16.4 Å². The van der Waals surface area contributed by atoms with E-state index in [1.807, 2.05) is 0 Å². The standard InChI is InChI=1S/C12H15N5O3S/c1-21(19,20)11-3-2-9(6-14-11)16-12(18)10-7-17(5-4-13)8-15-10/h2-3,6-8H,4-5,13H2,1H3,(H,16,18). The SMILES string of the molecule is CS(=O)(=O)c1ccc(NC(=O)c2cn(CCN)cn2)cn1. The van der Waals surface area contributed by atoms with Crippen LogP contribution in [0.15, 0.2) is 35.9 Å². The lowest BCUT2D eigenvalue weighted by atomic mass is 10.4. The summed E-state index contributed by atoms with van der Waals surface area (Å²) in [5.41, 5.74) is 6.05. The summed E-state index contributed by atoms with van der Waals surface area (Å²) in [7, 11) is -3.35. The van der Waals surface area contributed by atoms with Crippen molar-refractivity contribution in [2.45, 2.75) is 11.6 Å². The molecule has 3 N–H and O–H groups in total. The van der Waals surface area contributed by atoms with Crippen LogP contribution in [0.1, 0.15) is 10.5 Å². The maximum atomic E-state index is 11.9. The summed E-state index contributed by atoms with van der Waals surface area (Å²) < 4.78 is 24.3. The molecule has 0 aliphatic carbocycles. The van der Waals surface area contributed by atoms with Crippen LogP contribution in [0.4, 0.5) is 5.69 Å². The zero-order chi connectivity index (χ0) is 15.5. The van der Waals surface area contributed by atoms with Gasteiger partial charge in [0.25, 0.3) is 5.91 Å². The molecule has 21 heavy (non-hydrogen) atoms. The van der Waals surface area contributed by atoms with Crippen LogP contribution in [0.5, 0.6) is 0 Å². The number of imidazole rings is 1. The molecule has 0 aromatic carbocycles. The summed E-state index contributed by atoms with van der Waals surface area (Å²) in [5, 5.41) is 2.54. The van der Waals surface area contributed by atoms with E-state index in [0.717, 1.165) is 6.26 Å². The molecule has 2 heterocycles. The minimum absolute atomic E-state index is 0.0484. The Balaban J connectivity index is 2.08. The Labute approximate surface area is 121 Å². The lowest BCUT2D eigenvalue weighted by molar-refractivity contribution is 0.102. The largest absolute Gasteiger partial charge is 0.335 e. The van der Waals surface area contributed by atoms with E-state index in [4.69, 9.17) is 5.73 Å². The second-order valence-corrected chi connectivity index (χ2v) is 6.36. The van der Waals surface area contributed by atoms with E-state index < -0.39 is 15.7 Å². The van der Waals surface area contributed by atoms with Crippen LogP contribution in [0.25, 0.3) is 0 Å². The Kier molecular flexibility index (Phi) is 4.34. The summed E-state index contributed by atoms with van der Waals surface area (Å²) in [6, 6.07) is 2.80. The van der Waals surface area contributed by atoms with Gasteiger partial charge < -0.3 is 15.6 Å². The van der Waals surface area contributed by atoms with Gasteiger partial charge in [0, 0.05) is 25.5 Å². The number of hydrogen-bond acceptors (Lipinski definition) is 6. The maximum absolute atomic E-state index is 11.9. The van der Waals surface area contributed by atoms with Gasteiger partial charge in [0.1, 0.15) is 5.69 Å². The smallest absolute Gasteiger partial charge is 0.275 e. The van der Waals surface area contributed by atoms with E-state index >= 15 is 0 Å². The topological polar surface area (TPSA) is 120 Å². The number of amides is 1. The van der Waals surface area contributed by atoms with Crippen LogP contribution in [0.2, 0.25) is 0 Å². The van der Waals surface area contributed by atoms with E-state index in [-0.39, 0.29) is 10.7 Å². The highest BCUT2D eigenvalue weighted by Crippen LogP contribution is 2.11. The number of rotatable bonds is 5. The third-order valence-corrected chi connectivity index (χ3v) is 3.63. The highest BCUT2D eigenvalue weighted by atomic mass is 32.2. The Bertz CT molecular complexity index is 737. The van der Waals surface area contributed by atoms with E-state index in [1.165, 1.54) is 24.7 Å². The van der Waals surface area contributed by atoms with Crippen LogP contribution in [-0.4, -0.2) is 41.7 Å². The quantitative estimate of drug-likeness (QED) is 0.795. The second kappa shape index (κ2) is 6.02. The van der Waals surface area contributed by atoms with Crippen molar-refractivity contribution >= 4 is 21.4 Å². The summed E-state index contributed by atoms with van der Waals surface area (Å²) >= 11 is 0. The van der Waals surface area contributed by atoms with Gasteiger partial charge in [0.15, 0.2) is 14.9 Å². The number of nitrogens with two attached hydrogens (primary N) is 1. The van der Waals surface area contributed by atoms with Gasteiger partial charge >= 0.3 is 0 Å². The predicted octanol–water partition coefficient (Wildman–Crippen LogP) is -0.107. The van der Waals surface area contributed by atoms with Crippen molar-refractivity contribution in [1.82, 2.24) is 14.5 Å². The van der Waals surface area contributed by atoms with E-state index in [1.54, 1.807) is 10.8 Å². The first-order chi connectivity index (χ1) is 9.90. The fraction of sp³-hybridized carbons (Fsp3) is 0.250. The minimum Gasteiger partial charge on any atom is -0.335 e. The fourth-order valence-electron chi connectivity index (χ4n) is 1.62. The Morgan fingerprint density at radius 2 is 2.14 bits per heavy atom. The third-order valence-electron chi connectivity index (χ3n) is 2.63. The third kappa shape index (κ3) is 3.86. The molecule has 0 radical (unpaired) electrons. The number of aromatic nitrogens is 3. The highest BCUT2D eigenvalue weighted by Gasteiger charge is 2.12. The number of anilines is 1. The lowest BCUT2D eigenvalue weighted by Gasteiger charge is -2.03. The zero-order valence-electron chi connectivity index (χ0n) is 11.4. The molecule has 0 saturated carbocycles. The number of nitrogens with zero attached hydrogens (tertiary/aromatic N) is 3. The maximum Gasteiger partial charge on any atom is 0.275 e. The molecule has 1 amide bonds. The first-order valence-electron chi connectivity index (χ1n) is 6.09. The van der Waals surface area contributed by atoms with Crippen molar-refractivity contribution in [3.63, 3.8) is 0 Å². The first kappa shape index (κ1) is 15.1. The Hall–Kier alpha value is -2.26. The van der Waals surface area contributed by atoms with Crippen LogP contribution in [0, 0.1) is 0 Å². The van der Waals surface area contributed by atoms with Gasteiger partial charge in [-0.1, -0.05) is 0 Å². The summed E-state index contributed by atoms with van der Waals surface area (Å²) in [5.74, 6) is -0.403. The van der Waals surface area contributed by atoms with E-state index in [2.05, 4.69) is 15.3 Å². The van der Waals surface area contributed by atoms with E-state index in [0.29, 0.717) is 18.8 Å². The molecule has 2 rings (SSSR count). The van der Waals surface area contributed by atoms with Crippen molar-refractivity contribution in [3.05, 3.63) is 36.5 Å². The first-order valence-corrected chi connectivity index (χ1v) is 7.98. The molecule has 0 fully saturated rings. The summed E-state index contributed by atoms with van der Waals surface area (Å²) in [4.78, 5) is 19.7. The van der Waals surface area contributed by atoms with Crippen molar-refractivity contribution < 1.29 is 13.2 Å². The molecular formula is C12H15N5O3S. The average Bonchev–Trinajstić information content (AvgIpc) is 2.87. The Morgan fingerprint density at radius 3 is 2.71 bits per heavy atom. The van der Waals surface area contributed by atoms with Gasteiger partial charge in [0.2, 0.25) is 0 Å². The molecule has 2 aromatic rings. The molecule has 2 aromatic heterocycles. The van der Waals surface area contributed by atoms with Crippen molar-refractivity contribution in [2.75, 3.05) is 18.1 Å². The molecule has 0 aliphatic heterocycles. The van der Waals surface area contributed by atoms with Gasteiger partial charge in [-0.2, -0.15) is 0 Å². The number of hydrogen-bond donors (Lipinski definition) is 2. The molecule has 0 aliphatic rings. The van der Waals surface area contributed by atoms with Crippen molar-refractivity contribution in [2.24, 2.45) is 5.73 Å². The average molecular weight is 309 g/mol. The number of nitrogens with one attached hydrogen (secondary N) is 1. The predicted molar refractivity (Wildman–Crippen MR) is 76.6 cm³/mol.